The highest BCUT2D eigenvalue weighted by Crippen LogP contribution is 2.17. The predicted molar refractivity (Wildman–Crippen MR) is 85.4 cm³/mol. The topological polar surface area (TPSA) is 72.7 Å². The molecule has 7 heteroatoms. The maximum absolute atomic E-state index is 12.2. The summed E-state index contributed by atoms with van der Waals surface area (Å²) in [4.78, 5) is 12.2. The number of rotatable bonds is 5. The van der Waals surface area contributed by atoms with Crippen LogP contribution in [0.15, 0.2) is 42.7 Å². The number of anilines is 1. The molecule has 0 radical (unpaired) electrons. The molecule has 3 rings (SSSR count). The molecule has 22 heavy (non-hydrogen) atoms. The van der Waals surface area contributed by atoms with Gasteiger partial charge in [-0.2, -0.15) is 5.10 Å². The number of benzene rings is 1. The van der Waals surface area contributed by atoms with Crippen LogP contribution in [0.2, 0.25) is 0 Å². The fourth-order valence-corrected chi connectivity index (χ4v) is 2.79. The summed E-state index contributed by atoms with van der Waals surface area (Å²) in [5, 5.41) is 16.4. The van der Waals surface area contributed by atoms with E-state index >= 15 is 0 Å². The molecule has 0 saturated heterocycles. The van der Waals surface area contributed by atoms with Crippen molar-refractivity contribution < 1.29 is 4.79 Å². The molecule has 0 bridgehead atoms. The van der Waals surface area contributed by atoms with Gasteiger partial charge < -0.3 is 0 Å². The van der Waals surface area contributed by atoms with Gasteiger partial charge in [0.15, 0.2) is 0 Å². The molecule has 1 N–H and O–H groups in total. The Morgan fingerprint density at radius 3 is 2.86 bits per heavy atom. The molecule has 0 saturated carbocycles. The Hall–Kier alpha value is -2.54. The predicted octanol–water partition coefficient (Wildman–Crippen LogP) is 2.93. The lowest BCUT2D eigenvalue weighted by Gasteiger charge is -1.99. The molecule has 112 valence electrons. The summed E-state index contributed by atoms with van der Waals surface area (Å²) >= 11 is 1.40. The van der Waals surface area contributed by atoms with E-state index < -0.39 is 0 Å². The van der Waals surface area contributed by atoms with Crippen molar-refractivity contribution in [2.75, 3.05) is 5.32 Å². The van der Waals surface area contributed by atoms with Gasteiger partial charge in [0, 0.05) is 12.6 Å². The van der Waals surface area contributed by atoms with Gasteiger partial charge in [0.2, 0.25) is 5.13 Å². The Morgan fingerprint density at radius 1 is 1.27 bits per heavy atom. The molecule has 0 fully saturated rings. The van der Waals surface area contributed by atoms with Crippen LogP contribution in [0.5, 0.6) is 0 Å². The molecule has 0 aliphatic carbocycles. The molecule has 6 nitrogen and oxygen atoms in total. The number of aryl methyl sites for hydroxylation is 1. The fraction of sp³-hybridized carbons (Fsp3) is 0.200. The molecule has 0 aliphatic heterocycles. The van der Waals surface area contributed by atoms with Crippen molar-refractivity contribution in [1.29, 1.82) is 0 Å². The lowest BCUT2D eigenvalue weighted by Crippen LogP contribution is -2.10. The summed E-state index contributed by atoms with van der Waals surface area (Å²) in [5.41, 5.74) is 1.39. The molecule has 0 spiro atoms. The summed E-state index contributed by atoms with van der Waals surface area (Å²) in [6, 6.07) is 9.64. The van der Waals surface area contributed by atoms with Gasteiger partial charge in [0.25, 0.3) is 5.91 Å². The van der Waals surface area contributed by atoms with E-state index in [2.05, 4.69) is 27.5 Å². The lowest BCUT2D eigenvalue weighted by atomic mass is 10.3. The highest BCUT2D eigenvalue weighted by atomic mass is 32.1. The first-order chi connectivity index (χ1) is 10.8. The molecule has 3 aromatic rings. The monoisotopic (exact) mass is 313 g/mol. The summed E-state index contributed by atoms with van der Waals surface area (Å²) in [5.74, 6) is -0.235. The van der Waals surface area contributed by atoms with E-state index in [0.717, 1.165) is 23.5 Å². The Kier molecular flexibility index (Phi) is 4.24. The van der Waals surface area contributed by atoms with Gasteiger partial charge in [-0.1, -0.05) is 36.5 Å². The maximum Gasteiger partial charge on any atom is 0.260 e. The van der Waals surface area contributed by atoms with E-state index in [0.29, 0.717) is 10.7 Å². The van der Waals surface area contributed by atoms with Crippen LogP contribution < -0.4 is 5.32 Å². The second-order valence-electron chi connectivity index (χ2n) is 4.71. The summed E-state index contributed by atoms with van der Waals surface area (Å²) < 4.78 is 1.66. The summed E-state index contributed by atoms with van der Waals surface area (Å²) in [7, 11) is 0. The maximum atomic E-state index is 12.2. The fourth-order valence-electron chi connectivity index (χ4n) is 1.95. The van der Waals surface area contributed by atoms with Crippen LogP contribution in [-0.4, -0.2) is 25.9 Å². The highest BCUT2D eigenvalue weighted by Gasteiger charge is 2.12. The third-order valence-electron chi connectivity index (χ3n) is 3.02. The van der Waals surface area contributed by atoms with Gasteiger partial charge >= 0.3 is 0 Å². The third kappa shape index (κ3) is 3.20. The number of para-hydroxylation sites is 1. The van der Waals surface area contributed by atoms with Crippen molar-refractivity contribution in [3.05, 3.63) is 53.3 Å². The third-order valence-corrected chi connectivity index (χ3v) is 3.92. The SMILES string of the molecule is CCCc1nnc(NC(=O)c2cnn(-c3ccccc3)c2)s1. The number of carbonyl (C=O) groups excluding carboxylic acids is 1. The van der Waals surface area contributed by atoms with E-state index in [1.54, 1.807) is 10.9 Å². The molecular weight excluding hydrogens is 298 g/mol. The zero-order chi connectivity index (χ0) is 15.4. The van der Waals surface area contributed by atoms with Gasteiger partial charge in [0.05, 0.1) is 17.4 Å². The molecule has 2 heterocycles. The van der Waals surface area contributed by atoms with Crippen LogP contribution in [0.3, 0.4) is 0 Å². The average Bonchev–Trinajstić information content (AvgIpc) is 3.18. The zero-order valence-electron chi connectivity index (χ0n) is 12.1. The van der Waals surface area contributed by atoms with Gasteiger partial charge in [-0.05, 0) is 18.6 Å². The number of amides is 1. The number of hydrogen-bond acceptors (Lipinski definition) is 5. The first-order valence-electron chi connectivity index (χ1n) is 7.00. The number of nitrogens with one attached hydrogen (secondary N) is 1. The van der Waals surface area contributed by atoms with Crippen molar-refractivity contribution in [2.45, 2.75) is 19.8 Å². The van der Waals surface area contributed by atoms with Crippen LogP contribution in [0.1, 0.15) is 28.7 Å². The number of hydrogen-bond donors (Lipinski definition) is 1. The molecule has 0 aliphatic rings. The van der Waals surface area contributed by atoms with E-state index in [4.69, 9.17) is 0 Å². The second-order valence-corrected chi connectivity index (χ2v) is 5.78. The quantitative estimate of drug-likeness (QED) is 0.786. The molecule has 0 atom stereocenters. The molecule has 1 aromatic carbocycles. The minimum Gasteiger partial charge on any atom is -0.296 e. The van der Waals surface area contributed by atoms with Crippen LogP contribution in [0, 0.1) is 0 Å². The largest absolute Gasteiger partial charge is 0.296 e. The Morgan fingerprint density at radius 2 is 2.09 bits per heavy atom. The zero-order valence-corrected chi connectivity index (χ0v) is 12.9. The van der Waals surface area contributed by atoms with Crippen molar-refractivity contribution in [3.8, 4) is 5.69 Å². The molecular formula is C15H15N5OS. The van der Waals surface area contributed by atoms with Gasteiger partial charge in [-0.25, -0.2) is 4.68 Å². The minimum atomic E-state index is -0.235. The van der Waals surface area contributed by atoms with Crippen LogP contribution in [-0.2, 0) is 6.42 Å². The van der Waals surface area contributed by atoms with Crippen LogP contribution >= 0.6 is 11.3 Å². The van der Waals surface area contributed by atoms with Crippen molar-refractivity contribution in [2.24, 2.45) is 0 Å². The van der Waals surface area contributed by atoms with Crippen molar-refractivity contribution >= 4 is 22.4 Å². The van der Waals surface area contributed by atoms with Crippen molar-refractivity contribution in [3.63, 3.8) is 0 Å². The molecule has 2 aromatic heterocycles. The summed E-state index contributed by atoms with van der Waals surface area (Å²) in [6.45, 7) is 2.08. The van der Waals surface area contributed by atoms with Gasteiger partial charge in [-0.15, -0.1) is 10.2 Å². The van der Waals surface area contributed by atoms with Crippen LogP contribution in [0.25, 0.3) is 5.69 Å². The Balaban J connectivity index is 1.71. The number of carbonyl (C=O) groups is 1. The second kappa shape index (κ2) is 6.48. The Labute approximate surface area is 131 Å². The number of nitrogens with zero attached hydrogens (tertiary/aromatic N) is 4. The first-order valence-corrected chi connectivity index (χ1v) is 7.81. The normalized spacial score (nSPS) is 10.6. The van der Waals surface area contributed by atoms with Gasteiger partial charge in [-0.3, -0.25) is 10.1 Å². The van der Waals surface area contributed by atoms with E-state index in [1.165, 1.54) is 17.5 Å². The lowest BCUT2D eigenvalue weighted by molar-refractivity contribution is 0.102. The van der Waals surface area contributed by atoms with Gasteiger partial charge in [0.1, 0.15) is 5.01 Å². The van der Waals surface area contributed by atoms with Crippen molar-refractivity contribution in [1.82, 2.24) is 20.0 Å². The minimum absolute atomic E-state index is 0.235. The molecule has 1 amide bonds. The average molecular weight is 313 g/mol. The van der Waals surface area contributed by atoms with E-state index in [1.807, 2.05) is 30.3 Å². The molecule has 0 unspecified atom stereocenters. The first kappa shape index (κ1) is 14.4. The number of aromatic nitrogens is 4. The summed E-state index contributed by atoms with van der Waals surface area (Å²) in [6.07, 6.45) is 5.11. The highest BCUT2D eigenvalue weighted by molar-refractivity contribution is 7.15. The van der Waals surface area contributed by atoms with E-state index in [9.17, 15) is 4.79 Å². The Bertz CT molecular complexity index is 765. The van der Waals surface area contributed by atoms with E-state index in [-0.39, 0.29) is 5.91 Å². The standard InChI is InChI=1S/C15H15N5OS/c1-2-6-13-18-19-15(22-13)17-14(21)11-9-16-20(10-11)12-7-4-3-5-8-12/h3-5,7-10H,2,6H2,1H3,(H,17,19,21). The smallest absolute Gasteiger partial charge is 0.260 e. The van der Waals surface area contributed by atoms with Crippen LogP contribution in [0.4, 0.5) is 5.13 Å².